The van der Waals surface area contributed by atoms with Gasteiger partial charge >= 0.3 is 5.97 Å². The molecule has 9 heteroatoms. The van der Waals surface area contributed by atoms with Gasteiger partial charge in [0, 0.05) is 24.8 Å². The molecule has 150 valence electrons. The molecule has 0 saturated carbocycles. The summed E-state index contributed by atoms with van der Waals surface area (Å²) in [6.45, 7) is 2.31. The molecule has 0 radical (unpaired) electrons. The van der Waals surface area contributed by atoms with E-state index >= 15 is 0 Å². The zero-order valence-corrected chi connectivity index (χ0v) is 16.4. The predicted molar refractivity (Wildman–Crippen MR) is 100.0 cm³/mol. The summed E-state index contributed by atoms with van der Waals surface area (Å²) in [5, 5.41) is 5.24. The zero-order chi connectivity index (χ0) is 20.3. The van der Waals surface area contributed by atoms with Gasteiger partial charge in [0.1, 0.15) is 6.54 Å². The van der Waals surface area contributed by atoms with Gasteiger partial charge in [0.15, 0.2) is 9.84 Å². The molecule has 0 aliphatic rings. The van der Waals surface area contributed by atoms with Crippen LogP contribution in [0.1, 0.15) is 43.0 Å². The summed E-state index contributed by atoms with van der Waals surface area (Å²) in [6, 6.07) is 5.75. The first kappa shape index (κ1) is 22.6. The Labute approximate surface area is 159 Å². The van der Waals surface area contributed by atoms with Crippen LogP contribution < -0.4 is 10.6 Å². The van der Waals surface area contributed by atoms with Gasteiger partial charge in [-0.25, -0.2) is 8.42 Å². The maximum absolute atomic E-state index is 12.0. The van der Waals surface area contributed by atoms with Gasteiger partial charge in [-0.15, -0.1) is 0 Å². The Morgan fingerprint density at radius 2 is 1.67 bits per heavy atom. The second kappa shape index (κ2) is 11.3. The number of nitrogens with one attached hydrogen (secondary N) is 2. The number of carbonyl (C=O) groups excluding carboxylic acids is 3. The Morgan fingerprint density at radius 3 is 2.26 bits per heavy atom. The second-order valence-electron chi connectivity index (χ2n) is 5.94. The Hall–Kier alpha value is -2.42. The van der Waals surface area contributed by atoms with Crippen LogP contribution in [0.4, 0.5) is 0 Å². The Morgan fingerprint density at radius 1 is 1.00 bits per heavy atom. The lowest BCUT2D eigenvalue weighted by Crippen LogP contribution is -2.30. The van der Waals surface area contributed by atoms with Gasteiger partial charge in [-0.2, -0.15) is 0 Å². The van der Waals surface area contributed by atoms with Crippen molar-refractivity contribution in [1.82, 2.24) is 10.6 Å². The number of unbranched alkanes of at least 4 members (excludes halogenated alkanes) is 2. The van der Waals surface area contributed by atoms with E-state index in [4.69, 9.17) is 4.74 Å². The van der Waals surface area contributed by atoms with Gasteiger partial charge < -0.3 is 15.4 Å². The normalized spacial score (nSPS) is 10.9. The minimum atomic E-state index is -3.28. The summed E-state index contributed by atoms with van der Waals surface area (Å²) >= 11 is 0. The summed E-state index contributed by atoms with van der Waals surface area (Å²) < 4.78 is 27.5. The highest BCUT2D eigenvalue weighted by Crippen LogP contribution is 2.10. The summed E-state index contributed by atoms with van der Waals surface area (Å²) in [7, 11) is -3.28. The van der Waals surface area contributed by atoms with Gasteiger partial charge in [-0.1, -0.05) is 6.42 Å². The monoisotopic (exact) mass is 398 g/mol. The van der Waals surface area contributed by atoms with E-state index in [2.05, 4.69) is 10.6 Å². The first-order valence-corrected chi connectivity index (χ1v) is 10.6. The van der Waals surface area contributed by atoms with Crippen LogP contribution in [-0.2, 0) is 24.2 Å². The van der Waals surface area contributed by atoms with Gasteiger partial charge in [0.25, 0.3) is 5.91 Å². The lowest BCUT2D eigenvalue weighted by Gasteiger charge is -2.07. The third kappa shape index (κ3) is 9.18. The van der Waals surface area contributed by atoms with Gasteiger partial charge in [-0.05, 0) is 44.0 Å². The summed E-state index contributed by atoms with van der Waals surface area (Å²) in [6.07, 6.45) is 3.52. The summed E-state index contributed by atoms with van der Waals surface area (Å²) in [5.41, 5.74) is 0.390. The fraction of sp³-hybridized carbons (Fsp3) is 0.500. The highest BCUT2D eigenvalue weighted by Gasteiger charge is 2.10. The van der Waals surface area contributed by atoms with Crippen LogP contribution in [0, 0.1) is 0 Å². The van der Waals surface area contributed by atoms with Crippen LogP contribution in [0.2, 0.25) is 0 Å². The molecule has 0 spiro atoms. The lowest BCUT2D eigenvalue weighted by molar-refractivity contribution is -0.143. The second-order valence-corrected chi connectivity index (χ2v) is 7.96. The van der Waals surface area contributed by atoms with Crippen molar-refractivity contribution in [1.29, 1.82) is 0 Å². The van der Waals surface area contributed by atoms with E-state index in [9.17, 15) is 22.8 Å². The van der Waals surface area contributed by atoms with E-state index in [1.165, 1.54) is 24.3 Å². The molecule has 27 heavy (non-hydrogen) atoms. The number of esters is 1. The quantitative estimate of drug-likeness (QED) is 0.425. The molecule has 0 aliphatic heterocycles. The molecule has 0 saturated heterocycles. The van der Waals surface area contributed by atoms with Crippen LogP contribution in [0.15, 0.2) is 29.2 Å². The molecule has 1 aromatic carbocycles. The Bertz CT molecular complexity index is 744. The van der Waals surface area contributed by atoms with Crippen LogP contribution in [-0.4, -0.2) is 52.2 Å². The number of benzene rings is 1. The van der Waals surface area contributed by atoms with Gasteiger partial charge in [-0.3, -0.25) is 14.4 Å². The SMILES string of the molecule is CCOC(=O)CNC(=O)CCCCCNC(=O)c1ccc(S(C)(=O)=O)cc1. The van der Waals surface area contributed by atoms with Crippen LogP contribution in [0.5, 0.6) is 0 Å². The molecule has 2 amide bonds. The van der Waals surface area contributed by atoms with Crippen molar-refractivity contribution in [3.05, 3.63) is 29.8 Å². The predicted octanol–water partition coefficient (Wildman–Crippen LogP) is 1.06. The van der Waals surface area contributed by atoms with Gasteiger partial charge in [0.05, 0.1) is 11.5 Å². The van der Waals surface area contributed by atoms with Crippen molar-refractivity contribution in [2.75, 3.05) is 26.0 Å². The van der Waals surface area contributed by atoms with Crippen molar-refractivity contribution >= 4 is 27.6 Å². The molecule has 0 unspecified atom stereocenters. The molecule has 0 bridgehead atoms. The smallest absolute Gasteiger partial charge is 0.325 e. The fourth-order valence-corrected chi connectivity index (χ4v) is 2.85. The maximum atomic E-state index is 12.0. The maximum Gasteiger partial charge on any atom is 0.325 e. The third-order valence-electron chi connectivity index (χ3n) is 3.65. The number of hydrogen-bond donors (Lipinski definition) is 2. The van der Waals surface area contributed by atoms with Crippen LogP contribution >= 0.6 is 0 Å². The molecular weight excluding hydrogens is 372 g/mol. The van der Waals surface area contributed by atoms with Crippen molar-refractivity contribution < 1.29 is 27.5 Å². The summed E-state index contributed by atoms with van der Waals surface area (Å²) in [4.78, 5) is 34.8. The minimum Gasteiger partial charge on any atom is -0.465 e. The lowest BCUT2D eigenvalue weighted by atomic mass is 10.1. The standard InChI is InChI=1S/C18H26N2O6S/c1-3-26-17(22)13-20-16(21)7-5-4-6-12-19-18(23)14-8-10-15(11-9-14)27(2,24)25/h8-11H,3-7,12-13H2,1-2H3,(H,19,23)(H,20,21). The molecule has 1 aromatic rings. The number of hydrogen-bond acceptors (Lipinski definition) is 6. The molecule has 0 atom stereocenters. The molecule has 0 heterocycles. The number of ether oxygens (including phenoxy) is 1. The molecular formula is C18H26N2O6S. The van der Waals surface area contributed by atoms with Gasteiger partial charge in [0.2, 0.25) is 5.91 Å². The molecule has 0 aliphatic carbocycles. The average Bonchev–Trinajstić information content (AvgIpc) is 2.62. The largest absolute Gasteiger partial charge is 0.465 e. The zero-order valence-electron chi connectivity index (χ0n) is 15.6. The molecule has 0 aromatic heterocycles. The number of carbonyl (C=O) groups is 3. The topological polar surface area (TPSA) is 119 Å². The Kier molecular flexibility index (Phi) is 9.49. The average molecular weight is 398 g/mol. The van der Waals surface area contributed by atoms with E-state index < -0.39 is 15.8 Å². The first-order chi connectivity index (χ1) is 12.7. The van der Waals surface area contributed by atoms with Crippen molar-refractivity contribution in [2.24, 2.45) is 0 Å². The fourth-order valence-electron chi connectivity index (χ4n) is 2.22. The van der Waals surface area contributed by atoms with E-state index in [1.54, 1.807) is 6.92 Å². The number of sulfone groups is 1. The third-order valence-corrected chi connectivity index (χ3v) is 4.77. The first-order valence-electron chi connectivity index (χ1n) is 8.74. The van der Waals surface area contributed by atoms with E-state index in [0.29, 0.717) is 31.4 Å². The highest BCUT2D eigenvalue weighted by molar-refractivity contribution is 7.90. The van der Waals surface area contributed by atoms with Crippen LogP contribution in [0.25, 0.3) is 0 Å². The highest BCUT2D eigenvalue weighted by atomic mass is 32.2. The summed E-state index contributed by atoms with van der Waals surface area (Å²) in [5.74, 6) is -0.946. The number of rotatable bonds is 11. The molecule has 1 rings (SSSR count). The minimum absolute atomic E-state index is 0.124. The van der Waals surface area contributed by atoms with E-state index in [0.717, 1.165) is 12.7 Å². The number of amides is 2. The van der Waals surface area contributed by atoms with E-state index in [-0.39, 0.29) is 29.9 Å². The van der Waals surface area contributed by atoms with Crippen molar-refractivity contribution in [3.8, 4) is 0 Å². The molecule has 0 fully saturated rings. The molecule has 2 N–H and O–H groups in total. The van der Waals surface area contributed by atoms with Crippen molar-refractivity contribution in [2.45, 2.75) is 37.5 Å². The van der Waals surface area contributed by atoms with Crippen LogP contribution in [0.3, 0.4) is 0 Å². The van der Waals surface area contributed by atoms with Crippen molar-refractivity contribution in [3.63, 3.8) is 0 Å². The molecule has 8 nitrogen and oxygen atoms in total. The van der Waals surface area contributed by atoms with E-state index in [1.807, 2.05) is 0 Å². The Balaban J connectivity index is 2.18.